The number of ether oxygens (including phenoxy) is 1. The fraction of sp³-hybridized carbons (Fsp3) is 0.188. The number of rotatable bonds is 6. The summed E-state index contributed by atoms with van der Waals surface area (Å²) < 4.78 is 4.64. The molecule has 0 aliphatic carbocycles. The Morgan fingerprint density at radius 1 is 1.24 bits per heavy atom. The molecule has 1 amide bonds. The first kappa shape index (κ1) is 16.8. The molecule has 0 radical (unpaired) electrons. The van der Waals surface area contributed by atoms with Gasteiger partial charge in [0.1, 0.15) is 6.54 Å². The number of tetrazole rings is 1. The fourth-order valence-corrected chi connectivity index (χ4v) is 2.72. The van der Waals surface area contributed by atoms with Gasteiger partial charge in [0.15, 0.2) is 0 Å². The Morgan fingerprint density at radius 3 is 2.72 bits per heavy atom. The van der Waals surface area contributed by atoms with Crippen LogP contribution >= 0.6 is 11.3 Å². The van der Waals surface area contributed by atoms with Gasteiger partial charge in [0.25, 0.3) is 0 Å². The van der Waals surface area contributed by atoms with Crippen LogP contribution < -0.4 is 5.32 Å². The number of nitrogens with one attached hydrogen (secondary N) is 1. The first-order valence-electron chi connectivity index (χ1n) is 7.41. The number of hydrogen-bond acceptors (Lipinski definition) is 7. The summed E-state index contributed by atoms with van der Waals surface area (Å²) in [6.45, 7) is 0.325. The van der Waals surface area contributed by atoms with Crippen LogP contribution in [0, 0.1) is 0 Å². The first-order valence-corrected chi connectivity index (χ1v) is 8.29. The Bertz CT molecular complexity index is 858. The van der Waals surface area contributed by atoms with Gasteiger partial charge in [0.05, 0.1) is 17.6 Å². The number of carbonyl (C=O) groups is 2. The fourth-order valence-electron chi connectivity index (χ4n) is 2.08. The highest BCUT2D eigenvalue weighted by Crippen LogP contribution is 2.19. The summed E-state index contributed by atoms with van der Waals surface area (Å²) in [6, 6.07) is 10.6. The number of thiophene rings is 1. The number of esters is 1. The highest BCUT2D eigenvalue weighted by atomic mass is 32.1. The minimum absolute atomic E-state index is 0.0153. The topological polar surface area (TPSA) is 99.0 Å². The monoisotopic (exact) mass is 357 g/mol. The number of hydrogen-bond donors (Lipinski definition) is 1. The van der Waals surface area contributed by atoms with E-state index in [-0.39, 0.29) is 12.5 Å². The van der Waals surface area contributed by atoms with Crippen LogP contribution in [0.2, 0.25) is 0 Å². The van der Waals surface area contributed by atoms with E-state index in [9.17, 15) is 9.59 Å². The number of aromatic nitrogens is 4. The average Bonchev–Trinajstić information content (AvgIpc) is 3.31. The van der Waals surface area contributed by atoms with E-state index in [4.69, 9.17) is 0 Å². The molecule has 1 N–H and O–H groups in total. The maximum absolute atomic E-state index is 12.0. The number of nitrogens with zero attached hydrogens (tertiary/aromatic N) is 4. The third-order valence-corrected chi connectivity index (χ3v) is 4.21. The van der Waals surface area contributed by atoms with Gasteiger partial charge in [-0.05, 0) is 34.4 Å². The summed E-state index contributed by atoms with van der Waals surface area (Å²) in [5.74, 6) is -0.122. The molecule has 1 aromatic carbocycles. The second-order valence-electron chi connectivity index (χ2n) is 5.09. The van der Waals surface area contributed by atoms with E-state index in [1.54, 1.807) is 24.3 Å². The molecule has 0 saturated carbocycles. The lowest BCUT2D eigenvalue weighted by Crippen LogP contribution is -2.28. The second kappa shape index (κ2) is 7.67. The number of benzene rings is 1. The third kappa shape index (κ3) is 4.27. The predicted octanol–water partition coefficient (Wildman–Crippen LogP) is 1.50. The third-order valence-electron chi connectivity index (χ3n) is 3.34. The molecular weight excluding hydrogens is 342 g/mol. The molecule has 25 heavy (non-hydrogen) atoms. The molecule has 2 aromatic heterocycles. The zero-order chi connectivity index (χ0) is 17.6. The molecule has 0 aliphatic heterocycles. The minimum Gasteiger partial charge on any atom is -0.465 e. The lowest BCUT2D eigenvalue weighted by atomic mass is 10.1. The molecule has 0 atom stereocenters. The van der Waals surface area contributed by atoms with Crippen molar-refractivity contribution in [2.24, 2.45) is 0 Å². The van der Waals surface area contributed by atoms with Crippen molar-refractivity contribution in [3.05, 3.63) is 52.9 Å². The van der Waals surface area contributed by atoms with Crippen LogP contribution in [0.1, 0.15) is 15.9 Å². The molecule has 128 valence electrons. The van der Waals surface area contributed by atoms with Gasteiger partial charge in [-0.1, -0.05) is 18.2 Å². The van der Waals surface area contributed by atoms with E-state index in [0.29, 0.717) is 17.9 Å². The van der Waals surface area contributed by atoms with Crippen molar-refractivity contribution in [3.63, 3.8) is 0 Å². The largest absolute Gasteiger partial charge is 0.465 e. The molecule has 3 rings (SSSR count). The van der Waals surface area contributed by atoms with Crippen LogP contribution in [-0.2, 0) is 22.6 Å². The highest BCUT2D eigenvalue weighted by Gasteiger charge is 2.10. The van der Waals surface area contributed by atoms with E-state index in [1.165, 1.54) is 23.2 Å². The van der Waals surface area contributed by atoms with Gasteiger partial charge < -0.3 is 10.1 Å². The smallest absolute Gasteiger partial charge is 0.337 e. The van der Waals surface area contributed by atoms with Crippen LogP contribution in [0.15, 0.2) is 41.8 Å². The summed E-state index contributed by atoms with van der Waals surface area (Å²) in [5.41, 5.74) is 1.33. The van der Waals surface area contributed by atoms with Crippen LogP contribution in [0.3, 0.4) is 0 Å². The summed E-state index contributed by atoms with van der Waals surface area (Å²) in [6.07, 6.45) is 0. The molecule has 0 bridgehead atoms. The zero-order valence-corrected chi connectivity index (χ0v) is 14.2. The van der Waals surface area contributed by atoms with Gasteiger partial charge in [0, 0.05) is 6.54 Å². The highest BCUT2D eigenvalue weighted by molar-refractivity contribution is 7.13. The SMILES string of the molecule is COC(=O)c1ccc(CNC(=O)Cn2nnc(-c3cccs3)n2)cc1. The Balaban J connectivity index is 1.52. The van der Waals surface area contributed by atoms with Crippen molar-refractivity contribution in [3.8, 4) is 10.7 Å². The van der Waals surface area contributed by atoms with Crippen LogP contribution in [-0.4, -0.2) is 39.2 Å². The van der Waals surface area contributed by atoms with E-state index in [0.717, 1.165) is 10.4 Å². The number of carbonyl (C=O) groups excluding carboxylic acids is 2. The Labute approximate surface area is 147 Å². The molecule has 0 aliphatic rings. The molecule has 0 unspecified atom stereocenters. The van der Waals surface area contributed by atoms with Gasteiger partial charge in [0.2, 0.25) is 11.7 Å². The van der Waals surface area contributed by atoms with Crippen molar-refractivity contribution in [2.75, 3.05) is 7.11 Å². The lowest BCUT2D eigenvalue weighted by Gasteiger charge is -2.05. The summed E-state index contributed by atoms with van der Waals surface area (Å²) in [5, 5.41) is 16.7. The van der Waals surface area contributed by atoms with Crippen LogP contribution in [0.25, 0.3) is 10.7 Å². The average molecular weight is 357 g/mol. The summed E-state index contributed by atoms with van der Waals surface area (Å²) in [4.78, 5) is 25.5. The maximum Gasteiger partial charge on any atom is 0.337 e. The van der Waals surface area contributed by atoms with Crippen molar-refractivity contribution in [2.45, 2.75) is 13.1 Å². The Morgan fingerprint density at radius 2 is 2.04 bits per heavy atom. The number of methoxy groups -OCH3 is 1. The van der Waals surface area contributed by atoms with Crippen molar-refractivity contribution < 1.29 is 14.3 Å². The van der Waals surface area contributed by atoms with Gasteiger partial charge in [-0.25, -0.2) is 4.79 Å². The maximum atomic E-state index is 12.0. The van der Waals surface area contributed by atoms with E-state index in [2.05, 4.69) is 25.5 Å². The second-order valence-corrected chi connectivity index (χ2v) is 6.03. The molecular formula is C16H15N5O3S. The van der Waals surface area contributed by atoms with E-state index >= 15 is 0 Å². The minimum atomic E-state index is -0.394. The predicted molar refractivity (Wildman–Crippen MR) is 90.8 cm³/mol. The van der Waals surface area contributed by atoms with Gasteiger partial charge >= 0.3 is 5.97 Å². The molecule has 2 heterocycles. The normalized spacial score (nSPS) is 10.4. The van der Waals surface area contributed by atoms with E-state index in [1.807, 2.05) is 17.5 Å². The Kier molecular flexibility index (Phi) is 5.14. The van der Waals surface area contributed by atoms with E-state index < -0.39 is 5.97 Å². The van der Waals surface area contributed by atoms with Gasteiger partial charge in [-0.15, -0.1) is 21.5 Å². The van der Waals surface area contributed by atoms with Crippen molar-refractivity contribution in [1.29, 1.82) is 0 Å². The summed E-state index contributed by atoms with van der Waals surface area (Å²) in [7, 11) is 1.33. The standard InChI is InChI=1S/C16H15N5O3S/c1-24-16(23)12-6-4-11(5-7-12)9-17-14(22)10-21-19-15(18-20-21)13-3-2-8-25-13/h2-8H,9-10H2,1H3,(H,17,22). The quantitative estimate of drug-likeness (QED) is 0.671. The van der Waals surface area contributed by atoms with Crippen molar-refractivity contribution in [1.82, 2.24) is 25.5 Å². The van der Waals surface area contributed by atoms with Gasteiger partial charge in [-0.3, -0.25) is 4.79 Å². The molecule has 8 nitrogen and oxygen atoms in total. The Hall–Kier alpha value is -3.07. The lowest BCUT2D eigenvalue weighted by molar-refractivity contribution is -0.122. The first-order chi connectivity index (χ1) is 12.2. The molecule has 9 heteroatoms. The molecule has 0 saturated heterocycles. The van der Waals surface area contributed by atoms with Crippen LogP contribution in [0.4, 0.5) is 0 Å². The van der Waals surface area contributed by atoms with Crippen LogP contribution in [0.5, 0.6) is 0 Å². The van der Waals surface area contributed by atoms with Gasteiger partial charge in [-0.2, -0.15) is 4.80 Å². The molecule has 0 fully saturated rings. The summed E-state index contributed by atoms with van der Waals surface area (Å²) >= 11 is 1.51. The number of amides is 1. The van der Waals surface area contributed by atoms with Crippen molar-refractivity contribution >= 4 is 23.2 Å². The zero-order valence-electron chi connectivity index (χ0n) is 13.4. The molecule has 3 aromatic rings. The molecule has 0 spiro atoms.